The van der Waals surface area contributed by atoms with Crippen LogP contribution in [0.4, 0.5) is 13.2 Å². The molecule has 0 aliphatic carbocycles. The van der Waals surface area contributed by atoms with Crippen molar-refractivity contribution >= 4 is 5.91 Å². The summed E-state index contributed by atoms with van der Waals surface area (Å²) in [5, 5.41) is 0. The monoisotopic (exact) mass is 345 g/mol. The van der Waals surface area contributed by atoms with Crippen LogP contribution in [0.15, 0.2) is 16.9 Å². The molecule has 1 N–H and O–H groups in total. The van der Waals surface area contributed by atoms with Crippen LogP contribution in [0.25, 0.3) is 0 Å². The summed E-state index contributed by atoms with van der Waals surface area (Å²) in [6, 6.07) is 3.01. The third-order valence-corrected chi connectivity index (χ3v) is 4.16. The van der Waals surface area contributed by atoms with E-state index in [0.717, 1.165) is 0 Å². The van der Waals surface area contributed by atoms with Crippen molar-refractivity contribution in [1.29, 1.82) is 0 Å². The first-order valence-corrected chi connectivity index (χ1v) is 7.97. The standard InChI is InChI=1S/C16H22F3N3O2/c1-3-21(10-16(17,18)19)8-12-4-5-22(9-12)15(24)13-6-11(2)7-14(23)20-13/h6-7,12H,3-5,8-10H2,1-2H3,(H,20,23). The number of nitrogens with one attached hydrogen (secondary N) is 1. The number of pyridine rings is 1. The summed E-state index contributed by atoms with van der Waals surface area (Å²) in [5.74, 6) is -0.273. The highest BCUT2D eigenvalue weighted by Gasteiger charge is 2.33. The van der Waals surface area contributed by atoms with Gasteiger partial charge in [-0.25, -0.2) is 0 Å². The van der Waals surface area contributed by atoms with Gasteiger partial charge in [-0.15, -0.1) is 0 Å². The average Bonchev–Trinajstić information content (AvgIpc) is 2.91. The largest absolute Gasteiger partial charge is 0.401 e. The molecule has 1 fully saturated rings. The molecule has 0 spiro atoms. The lowest BCUT2D eigenvalue weighted by Gasteiger charge is -2.25. The van der Waals surface area contributed by atoms with E-state index in [4.69, 9.17) is 0 Å². The van der Waals surface area contributed by atoms with Crippen molar-refractivity contribution in [3.8, 4) is 0 Å². The second-order valence-electron chi connectivity index (χ2n) is 6.28. The minimum atomic E-state index is -4.22. The van der Waals surface area contributed by atoms with Crippen LogP contribution >= 0.6 is 0 Å². The lowest BCUT2D eigenvalue weighted by Crippen LogP contribution is -2.38. The number of carbonyl (C=O) groups excluding carboxylic acids is 1. The van der Waals surface area contributed by atoms with Gasteiger partial charge in [0.1, 0.15) is 5.69 Å². The zero-order valence-corrected chi connectivity index (χ0v) is 13.8. The number of aryl methyl sites for hydroxylation is 1. The number of hydrogen-bond donors (Lipinski definition) is 1. The number of amides is 1. The number of likely N-dealkylation sites (tertiary alicyclic amines) is 1. The molecule has 1 amide bonds. The molecule has 1 aromatic rings. The fraction of sp³-hybridized carbons (Fsp3) is 0.625. The zero-order valence-electron chi connectivity index (χ0n) is 13.8. The summed E-state index contributed by atoms with van der Waals surface area (Å²) in [7, 11) is 0. The third kappa shape index (κ3) is 5.09. The first-order chi connectivity index (χ1) is 11.2. The highest BCUT2D eigenvalue weighted by Crippen LogP contribution is 2.22. The number of rotatable bonds is 5. The molecule has 1 aliphatic rings. The molecular weight excluding hydrogens is 323 g/mol. The van der Waals surface area contributed by atoms with E-state index < -0.39 is 12.7 Å². The van der Waals surface area contributed by atoms with Crippen molar-refractivity contribution in [1.82, 2.24) is 14.8 Å². The topological polar surface area (TPSA) is 56.4 Å². The summed E-state index contributed by atoms with van der Waals surface area (Å²) in [6.07, 6.45) is -3.55. The molecule has 1 atom stereocenters. The van der Waals surface area contributed by atoms with E-state index in [9.17, 15) is 22.8 Å². The van der Waals surface area contributed by atoms with Crippen molar-refractivity contribution in [2.45, 2.75) is 26.4 Å². The van der Waals surface area contributed by atoms with E-state index in [-0.39, 0.29) is 23.1 Å². The molecule has 0 saturated carbocycles. The number of halogens is 3. The van der Waals surface area contributed by atoms with Gasteiger partial charge < -0.3 is 9.88 Å². The van der Waals surface area contributed by atoms with Gasteiger partial charge >= 0.3 is 6.18 Å². The van der Waals surface area contributed by atoms with Crippen LogP contribution in [0.2, 0.25) is 0 Å². The normalized spacial score (nSPS) is 18.4. The maximum Gasteiger partial charge on any atom is 0.401 e. The Kier molecular flexibility index (Phi) is 5.69. The highest BCUT2D eigenvalue weighted by atomic mass is 19.4. The molecule has 0 bridgehead atoms. The lowest BCUT2D eigenvalue weighted by molar-refractivity contribution is -0.146. The smallest absolute Gasteiger partial charge is 0.337 e. The lowest BCUT2D eigenvalue weighted by atomic mass is 10.1. The summed E-state index contributed by atoms with van der Waals surface area (Å²) in [6.45, 7) is 4.01. The average molecular weight is 345 g/mol. The summed E-state index contributed by atoms with van der Waals surface area (Å²) in [4.78, 5) is 29.4. The summed E-state index contributed by atoms with van der Waals surface area (Å²) < 4.78 is 37.6. The SMILES string of the molecule is CCN(CC1CCN(C(=O)c2cc(C)cc(=O)[nH]2)C1)CC(F)(F)F. The Morgan fingerprint density at radius 1 is 1.42 bits per heavy atom. The third-order valence-electron chi connectivity index (χ3n) is 4.16. The van der Waals surface area contributed by atoms with Crippen molar-refractivity contribution in [2.75, 3.05) is 32.7 Å². The van der Waals surface area contributed by atoms with Crippen LogP contribution in [-0.4, -0.2) is 59.6 Å². The second kappa shape index (κ2) is 7.38. The summed E-state index contributed by atoms with van der Waals surface area (Å²) in [5.41, 5.74) is 0.583. The van der Waals surface area contributed by atoms with E-state index >= 15 is 0 Å². The Morgan fingerprint density at radius 2 is 2.12 bits per heavy atom. The number of carbonyl (C=O) groups is 1. The van der Waals surface area contributed by atoms with Gasteiger partial charge in [0.2, 0.25) is 5.56 Å². The van der Waals surface area contributed by atoms with Gasteiger partial charge in [-0.1, -0.05) is 6.92 Å². The molecule has 0 aromatic carbocycles. The minimum absolute atomic E-state index is 0.00720. The number of alkyl halides is 3. The van der Waals surface area contributed by atoms with Crippen molar-refractivity contribution in [2.24, 2.45) is 5.92 Å². The molecule has 8 heteroatoms. The molecular formula is C16H22F3N3O2. The van der Waals surface area contributed by atoms with Gasteiger partial charge in [-0.2, -0.15) is 13.2 Å². The molecule has 2 heterocycles. The Hall–Kier alpha value is -1.83. The Balaban J connectivity index is 1.97. The molecule has 1 aromatic heterocycles. The van der Waals surface area contributed by atoms with Crippen LogP contribution in [0.1, 0.15) is 29.4 Å². The molecule has 0 radical (unpaired) electrons. The number of aromatic amines is 1. The molecule has 1 unspecified atom stereocenters. The summed E-state index contributed by atoms with van der Waals surface area (Å²) >= 11 is 0. The van der Waals surface area contributed by atoms with Crippen molar-refractivity contribution in [3.63, 3.8) is 0 Å². The molecule has 1 aliphatic heterocycles. The number of hydrogen-bond acceptors (Lipinski definition) is 3. The first kappa shape index (κ1) is 18.5. The van der Waals surface area contributed by atoms with Crippen LogP contribution in [0.3, 0.4) is 0 Å². The highest BCUT2D eigenvalue weighted by molar-refractivity contribution is 5.92. The number of aromatic nitrogens is 1. The Bertz CT molecular complexity index is 642. The van der Waals surface area contributed by atoms with Crippen LogP contribution < -0.4 is 5.56 Å². The maximum atomic E-state index is 12.5. The van der Waals surface area contributed by atoms with E-state index in [2.05, 4.69) is 4.98 Å². The molecule has 5 nitrogen and oxygen atoms in total. The van der Waals surface area contributed by atoms with Crippen molar-refractivity contribution < 1.29 is 18.0 Å². The molecule has 24 heavy (non-hydrogen) atoms. The Morgan fingerprint density at radius 3 is 2.71 bits per heavy atom. The van der Waals surface area contributed by atoms with Gasteiger partial charge in [-0.3, -0.25) is 14.5 Å². The molecule has 2 rings (SSSR count). The first-order valence-electron chi connectivity index (χ1n) is 7.97. The number of nitrogens with zero attached hydrogens (tertiary/aromatic N) is 2. The predicted molar refractivity (Wildman–Crippen MR) is 84.0 cm³/mol. The second-order valence-corrected chi connectivity index (χ2v) is 6.28. The zero-order chi connectivity index (χ0) is 17.9. The van der Waals surface area contributed by atoms with Crippen LogP contribution in [0.5, 0.6) is 0 Å². The van der Waals surface area contributed by atoms with Gasteiger partial charge in [0, 0.05) is 25.7 Å². The van der Waals surface area contributed by atoms with E-state index in [1.54, 1.807) is 24.8 Å². The quantitative estimate of drug-likeness (QED) is 0.888. The van der Waals surface area contributed by atoms with E-state index in [1.165, 1.54) is 11.0 Å². The van der Waals surface area contributed by atoms with Gasteiger partial charge in [-0.05, 0) is 37.4 Å². The van der Waals surface area contributed by atoms with Gasteiger partial charge in [0.05, 0.1) is 6.54 Å². The van der Waals surface area contributed by atoms with Crippen molar-refractivity contribution in [3.05, 3.63) is 33.7 Å². The maximum absolute atomic E-state index is 12.5. The van der Waals surface area contributed by atoms with Crippen LogP contribution in [0, 0.1) is 12.8 Å². The van der Waals surface area contributed by atoms with E-state index in [0.29, 0.717) is 38.2 Å². The number of H-pyrrole nitrogens is 1. The van der Waals surface area contributed by atoms with Gasteiger partial charge in [0.25, 0.3) is 5.91 Å². The Labute approximate surface area is 138 Å². The van der Waals surface area contributed by atoms with E-state index in [1.807, 2.05) is 0 Å². The fourth-order valence-corrected chi connectivity index (χ4v) is 3.06. The predicted octanol–water partition coefficient (Wildman–Crippen LogP) is 2.03. The molecule has 134 valence electrons. The minimum Gasteiger partial charge on any atom is -0.337 e. The van der Waals surface area contributed by atoms with Gasteiger partial charge in [0.15, 0.2) is 0 Å². The fourth-order valence-electron chi connectivity index (χ4n) is 3.06. The molecule has 1 saturated heterocycles. The van der Waals surface area contributed by atoms with Crippen LogP contribution in [-0.2, 0) is 0 Å².